The normalized spacial score (nSPS) is 14.0. The van der Waals surface area contributed by atoms with Crippen LogP contribution in [0, 0.1) is 0 Å². The molecule has 0 atom stereocenters. The average molecular weight is 491 g/mol. The molecule has 2 aromatic heterocycles. The molecule has 0 saturated carbocycles. The third-order valence-electron chi connectivity index (χ3n) is 6.44. The molecule has 2 aromatic carbocycles. The quantitative estimate of drug-likeness (QED) is 0.386. The van der Waals surface area contributed by atoms with E-state index in [1.54, 1.807) is 21.9 Å². The first kappa shape index (κ1) is 23.2. The molecule has 0 N–H and O–H groups in total. The number of pyridine rings is 1. The predicted molar refractivity (Wildman–Crippen MR) is 138 cm³/mol. The van der Waals surface area contributed by atoms with Gasteiger partial charge >= 0.3 is 6.09 Å². The van der Waals surface area contributed by atoms with Gasteiger partial charge in [0.25, 0.3) is 5.91 Å². The van der Waals surface area contributed by atoms with Crippen molar-refractivity contribution in [3.8, 4) is 11.3 Å². The van der Waals surface area contributed by atoms with Crippen LogP contribution in [0.1, 0.15) is 23.7 Å². The Balaban J connectivity index is 1.38. The Kier molecular flexibility index (Phi) is 6.34. The zero-order chi connectivity index (χ0) is 24.5. The van der Waals surface area contributed by atoms with Gasteiger partial charge in [-0.05, 0) is 42.8 Å². The standard InChI is InChI=1S/C27H27ClN4O3/c1-3-14-35-27(34)32-12-10-31(11-13-32)26(33)20-4-6-21-22(28)17-23(29-24(21)16-20)18-5-7-25-19(15-18)8-9-30(25)2/h4-9,15-17H,3,10-14H2,1-2H3. The van der Waals surface area contributed by atoms with E-state index in [2.05, 4.69) is 22.8 Å². The maximum absolute atomic E-state index is 13.2. The van der Waals surface area contributed by atoms with Gasteiger partial charge in [-0.15, -0.1) is 0 Å². The summed E-state index contributed by atoms with van der Waals surface area (Å²) in [7, 11) is 2.02. The fourth-order valence-corrected chi connectivity index (χ4v) is 4.73. The summed E-state index contributed by atoms with van der Waals surface area (Å²) in [4.78, 5) is 33.5. The first-order chi connectivity index (χ1) is 16.9. The lowest BCUT2D eigenvalue weighted by Gasteiger charge is -2.34. The summed E-state index contributed by atoms with van der Waals surface area (Å²) in [6.07, 6.45) is 2.50. The zero-order valence-electron chi connectivity index (χ0n) is 19.8. The first-order valence-electron chi connectivity index (χ1n) is 11.8. The second kappa shape index (κ2) is 9.58. The summed E-state index contributed by atoms with van der Waals surface area (Å²) in [6, 6.07) is 15.6. The van der Waals surface area contributed by atoms with Crippen molar-refractivity contribution in [3.05, 3.63) is 65.3 Å². The molecule has 3 heterocycles. The Bertz CT molecular complexity index is 1420. The van der Waals surface area contributed by atoms with E-state index in [9.17, 15) is 9.59 Å². The van der Waals surface area contributed by atoms with Crippen molar-refractivity contribution in [3.63, 3.8) is 0 Å². The van der Waals surface area contributed by atoms with E-state index in [1.165, 1.54) is 0 Å². The molecule has 1 aliphatic rings. The van der Waals surface area contributed by atoms with Gasteiger partial charge < -0.3 is 19.1 Å². The molecule has 0 spiro atoms. The molecule has 0 bridgehead atoms. The number of ether oxygens (including phenoxy) is 1. The Morgan fingerprint density at radius 1 is 1.00 bits per heavy atom. The largest absolute Gasteiger partial charge is 0.449 e. The number of hydrogen-bond donors (Lipinski definition) is 0. The maximum Gasteiger partial charge on any atom is 0.409 e. The van der Waals surface area contributed by atoms with Gasteiger partial charge in [-0.25, -0.2) is 9.78 Å². The minimum atomic E-state index is -0.315. The summed E-state index contributed by atoms with van der Waals surface area (Å²) < 4.78 is 7.28. The molecule has 1 fully saturated rings. The van der Waals surface area contributed by atoms with Crippen LogP contribution < -0.4 is 0 Å². The second-order valence-electron chi connectivity index (χ2n) is 8.82. The molecule has 35 heavy (non-hydrogen) atoms. The SMILES string of the molecule is CCCOC(=O)N1CCN(C(=O)c2ccc3c(Cl)cc(-c4ccc5c(ccn5C)c4)nc3c2)CC1. The molecule has 0 unspecified atom stereocenters. The van der Waals surface area contributed by atoms with Gasteiger partial charge in [-0.2, -0.15) is 0 Å². The molecule has 0 aliphatic carbocycles. The molecule has 180 valence electrons. The second-order valence-corrected chi connectivity index (χ2v) is 9.22. The smallest absolute Gasteiger partial charge is 0.409 e. The zero-order valence-corrected chi connectivity index (χ0v) is 20.6. The first-order valence-corrected chi connectivity index (χ1v) is 12.2. The number of amides is 2. The fourth-order valence-electron chi connectivity index (χ4n) is 4.46. The molecule has 2 amide bonds. The van der Waals surface area contributed by atoms with Gasteiger partial charge in [-0.1, -0.05) is 30.7 Å². The van der Waals surface area contributed by atoms with Crippen molar-refractivity contribution >= 4 is 45.4 Å². The number of carbonyl (C=O) groups excluding carboxylic acids is 2. The van der Waals surface area contributed by atoms with Crippen LogP contribution in [0.3, 0.4) is 0 Å². The summed E-state index contributed by atoms with van der Waals surface area (Å²) in [6.45, 7) is 4.20. The van der Waals surface area contributed by atoms with Crippen LogP contribution in [0.2, 0.25) is 5.02 Å². The number of halogens is 1. The van der Waals surface area contributed by atoms with E-state index >= 15 is 0 Å². The fraction of sp³-hybridized carbons (Fsp3) is 0.296. The van der Waals surface area contributed by atoms with Gasteiger partial charge in [0, 0.05) is 66.8 Å². The minimum absolute atomic E-state index is 0.0810. The van der Waals surface area contributed by atoms with Crippen LogP contribution in [-0.4, -0.2) is 64.1 Å². The van der Waals surface area contributed by atoms with Crippen molar-refractivity contribution in [1.29, 1.82) is 0 Å². The number of piperazine rings is 1. The lowest BCUT2D eigenvalue weighted by atomic mass is 10.1. The van der Waals surface area contributed by atoms with Crippen molar-refractivity contribution in [2.45, 2.75) is 13.3 Å². The van der Waals surface area contributed by atoms with E-state index in [1.807, 2.05) is 38.4 Å². The number of rotatable bonds is 4. The van der Waals surface area contributed by atoms with Crippen molar-refractivity contribution in [2.24, 2.45) is 7.05 Å². The van der Waals surface area contributed by atoms with Gasteiger partial charge in [0.2, 0.25) is 0 Å². The van der Waals surface area contributed by atoms with E-state index in [4.69, 9.17) is 21.3 Å². The Labute approximate surface area is 208 Å². The Hall–Kier alpha value is -3.58. The highest BCUT2D eigenvalue weighted by atomic mass is 35.5. The third kappa shape index (κ3) is 4.56. The topological polar surface area (TPSA) is 67.7 Å². The number of hydrogen-bond acceptors (Lipinski definition) is 4. The number of aromatic nitrogens is 2. The van der Waals surface area contributed by atoms with Crippen LogP contribution in [0.5, 0.6) is 0 Å². The summed E-state index contributed by atoms with van der Waals surface area (Å²) in [5.41, 5.74) is 4.10. The molecule has 5 rings (SSSR count). The maximum atomic E-state index is 13.2. The van der Waals surface area contributed by atoms with Gasteiger partial charge in [-0.3, -0.25) is 4.79 Å². The Morgan fingerprint density at radius 2 is 1.77 bits per heavy atom. The van der Waals surface area contributed by atoms with Gasteiger partial charge in [0.05, 0.1) is 22.8 Å². The molecule has 7 nitrogen and oxygen atoms in total. The minimum Gasteiger partial charge on any atom is -0.449 e. The van der Waals surface area contributed by atoms with E-state index in [0.717, 1.165) is 34.0 Å². The van der Waals surface area contributed by atoms with Crippen molar-refractivity contribution in [2.75, 3.05) is 32.8 Å². The van der Waals surface area contributed by atoms with Gasteiger partial charge in [0.15, 0.2) is 0 Å². The lowest BCUT2D eigenvalue weighted by molar-refractivity contribution is 0.0560. The number of fused-ring (bicyclic) bond motifs is 2. The summed E-state index contributed by atoms with van der Waals surface area (Å²) in [5, 5.41) is 2.53. The van der Waals surface area contributed by atoms with E-state index in [-0.39, 0.29) is 12.0 Å². The van der Waals surface area contributed by atoms with Crippen LogP contribution >= 0.6 is 11.6 Å². The van der Waals surface area contributed by atoms with E-state index in [0.29, 0.717) is 48.9 Å². The molecular formula is C27H27ClN4O3. The van der Waals surface area contributed by atoms with Crippen molar-refractivity contribution < 1.29 is 14.3 Å². The molecule has 1 aliphatic heterocycles. The van der Waals surface area contributed by atoms with Crippen LogP contribution in [0.15, 0.2) is 54.7 Å². The highest BCUT2D eigenvalue weighted by Crippen LogP contribution is 2.30. The molecular weight excluding hydrogens is 464 g/mol. The number of nitrogens with zero attached hydrogens (tertiary/aromatic N) is 4. The Morgan fingerprint density at radius 3 is 2.54 bits per heavy atom. The van der Waals surface area contributed by atoms with Crippen LogP contribution in [0.25, 0.3) is 33.1 Å². The summed E-state index contributed by atoms with van der Waals surface area (Å²) in [5.74, 6) is -0.0810. The van der Waals surface area contributed by atoms with Crippen molar-refractivity contribution in [1.82, 2.24) is 19.4 Å². The molecule has 0 radical (unpaired) electrons. The number of aryl methyl sites for hydroxylation is 1. The lowest BCUT2D eigenvalue weighted by Crippen LogP contribution is -2.50. The third-order valence-corrected chi connectivity index (χ3v) is 6.75. The molecule has 8 heteroatoms. The monoisotopic (exact) mass is 490 g/mol. The molecule has 1 saturated heterocycles. The van der Waals surface area contributed by atoms with E-state index < -0.39 is 0 Å². The highest BCUT2D eigenvalue weighted by molar-refractivity contribution is 6.35. The highest BCUT2D eigenvalue weighted by Gasteiger charge is 2.26. The average Bonchev–Trinajstić information content (AvgIpc) is 3.26. The number of carbonyl (C=O) groups is 2. The summed E-state index contributed by atoms with van der Waals surface area (Å²) >= 11 is 6.61. The molecule has 4 aromatic rings. The number of benzene rings is 2. The van der Waals surface area contributed by atoms with Gasteiger partial charge in [0.1, 0.15) is 0 Å². The van der Waals surface area contributed by atoms with Crippen LogP contribution in [-0.2, 0) is 11.8 Å². The predicted octanol–water partition coefficient (Wildman–Crippen LogP) is 5.35. The van der Waals surface area contributed by atoms with Crippen LogP contribution in [0.4, 0.5) is 4.79 Å².